The number of rotatable bonds is 15. The Morgan fingerprint density at radius 3 is 2.64 bits per heavy atom. The van der Waals surface area contributed by atoms with Gasteiger partial charge in [0.05, 0.1) is 12.2 Å². The van der Waals surface area contributed by atoms with Gasteiger partial charge >= 0.3 is 12.6 Å². The first kappa shape index (κ1) is 31.4. The van der Waals surface area contributed by atoms with Gasteiger partial charge < -0.3 is 24.0 Å². The van der Waals surface area contributed by atoms with Crippen molar-refractivity contribution in [3.05, 3.63) is 59.2 Å². The number of pyridine rings is 1. The molecule has 2 aliphatic carbocycles. The molecule has 8 nitrogen and oxygen atoms in total. The fourth-order valence-corrected chi connectivity index (χ4v) is 7.11. The van der Waals surface area contributed by atoms with Gasteiger partial charge in [0.15, 0.2) is 11.6 Å². The second-order valence-electron chi connectivity index (χ2n) is 12.7. The monoisotopic (exact) mass is 627 g/mol. The first-order chi connectivity index (χ1) is 21.9. The summed E-state index contributed by atoms with van der Waals surface area (Å²) in [5.74, 6) is 1.43. The van der Waals surface area contributed by atoms with Crippen LogP contribution < -0.4 is 9.64 Å². The lowest BCUT2D eigenvalue weighted by atomic mass is 9.74. The molecule has 45 heavy (non-hydrogen) atoms. The Balaban J connectivity index is 0.913. The first-order valence-corrected chi connectivity index (χ1v) is 16.1. The van der Waals surface area contributed by atoms with Gasteiger partial charge in [-0.25, -0.2) is 14.2 Å². The Morgan fingerprint density at radius 1 is 1.07 bits per heavy atom. The van der Waals surface area contributed by atoms with Crippen LogP contribution in [0.2, 0.25) is 0 Å². The molecule has 11 heteroatoms. The molecule has 2 saturated carbocycles. The van der Waals surface area contributed by atoms with Crippen molar-refractivity contribution < 1.29 is 37.1 Å². The molecule has 3 fully saturated rings. The number of aromatic carboxylic acids is 1. The standard InChI is InChI=1S/C34H40F3N3O5/c35-28-16-24(33(41)42)17-38-32(28)40-18-23-11-10-21(15-25(23)19-40)7-3-1-2-6-14-43-20-27-30(39-45-31(27)22-12-13-22)26-8-4-5-9-29(26)44-34(36)37/h4-5,8-9,16-17,21-23,25,34H,1-3,6-7,10-15,18-20H2,(H,41,42)/t21-,23+,25-/m0/s1. The molecule has 1 saturated heterocycles. The minimum atomic E-state index is -2.93. The average Bonchev–Trinajstić information content (AvgIpc) is 3.64. The third-order valence-electron chi connectivity index (χ3n) is 9.55. The molecule has 2 aromatic heterocycles. The van der Waals surface area contributed by atoms with Crippen LogP contribution in [0.3, 0.4) is 0 Å². The molecular formula is C34H40F3N3O5. The number of hydrogen-bond acceptors (Lipinski definition) is 7. The van der Waals surface area contributed by atoms with Crippen molar-refractivity contribution in [2.75, 3.05) is 24.6 Å². The number of alkyl halides is 2. The number of para-hydroxylation sites is 1. The number of carbonyl (C=O) groups is 1. The molecule has 6 rings (SSSR count). The van der Waals surface area contributed by atoms with E-state index in [0.717, 1.165) is 75.4 Å². The smallest absolute Gasteiger partial charge is 0.387 e. The van der Waals surface area contributed by atoms with Gasteiger partial charge in [-0.3, -0.25) is 0 Å². The van der Waals surface area contributed by atoms with Crippen LogP contribution in [-0.4, -0.2) is 47.5 Å². The van der Waals surface area contributed by atoms with Gasteiger partial charge in [-0.05, 0) is 68.1 Å². The maximum Gasteiger partial charge on any atom is 0.387 e. The molecule has 0 spiro atoms. The van der Waals surface area contributed by atoms with Crippen molar-refractivity contribution in [1.29, 1.82) is 0 Å². The lowest BCUT2D eigenvalue weighted by Crippen LogP contribution is -2.23. The highest BCUT2D eigenvalue weighted by Gasteiger charge is 2.39. The van der Waals surface area contributed by atoms with Gasteiger partial charge in [-0.1, -0.05) is 49.4 Å². The van der Waals surface area contributed by atoms with Crippen LogP contribution in [0.5, 0.6) is 5.75 Å². The second-order valence-corrected chi connectivity index (χ2v) is 12.7. The number of hydrogen-bond donors (Lipinski definition) is 1. The van der Waals surface area contributed by atoms with E-state index in [4.69, 9.17) is 19.1 Å². The first-order valence-electron chi connectivity index (χ1n) is 16.1. The number of benzene rings is 1. The third kappa shape index (κ3) is 7.62. The summed E-state index contributed by atoms with van der Waals surface area (Å²) in [6.07, 6.45) is 12.3. The summed E-state index contributed by atoms with van der Waals surface area (Å²) in [6.45, 7) is -0.453. The Labute approximate surface area is 260 Å². The molecule has 242 valence electrons. The third-order valence-corrected chi connectivity index (χ3v) is 9.55. The molecule has 0 bridgehead atoms. The number of unbranched alkanes of at least 4 members (excludes halogenated alkanes) is 3. The fourth-order valence-electron chi connectivity index (χ4n) is 7.11. The lowest BCUT2D eigenvalue weighted by molar-refractivity contribution is -0.0494. The molecule has 3 atom stereocenters. The predicted octanol–water partition coefficient (Wildman–Crippen LogP) is 8.07. The van der Waals surface area contributed by atoms with Crippen LogP contribution in [-0.2, 0) is 11.3 Å². The van der Waals surface area contributed by atoms with E-state index in [-0.39, 0.29) is 17.1 Å². The SMILES string of the molecule is O=C(O)c1cnc(N2C[C@H]3CC[C@H](CCCCCCOCc4c(-c5ccccc5OC(F)F)noc4C4CC4)C[C@H]3C2)c(F)c1. The highest BCUT2D eigenvalue weighted by Crippen LogP contribution is 2.45. The van der Waals surface area contributed by atoms with Gasteiger partial charge in [0.25, 0.3) is 0 Å². The number of nitrogens with zero attached hydrogens (tertiary/aromatic N) is 3. The summed E-state index contributed by atoms with van der Waals surface area (Å²) in [6, 6.07) is 7.70. The zero-order valence-electron chi connectivity index (χ0n) is 25.3. The minimum absolute atomic E-state index is 0.0707. The molecule has 1 aromatic carbocycles. The number of carboxylic acids is 1. The van der Waals surface area contributed by atoms with Gasteiger partial charge in [0, 0.05) is 42.9 Å². The van der Waals surface area contributed by atoms with Crippen LogP contribution in [0.25, 0.3) is 11.3 Å². The summed E-state index contributed by atoms with van der Waals surface area (Å²) in [7, 11) is 0. The quantitative estimate of drug-likeness (QED) is 0.169. The number of aromatic nitrogens is 2. The molecule has 0 radical (unpaired) electrons. The zero-order valence-corrected chi connectivity index (χ0v) is 25.3. The van der Waals surface area contributed by atoms with Crippen LogP contribution in [0.4, 0.5) is 19.0 Å². The molecule has 3 heterocycles. The fraction of sp³-hybridized carbons (Fsp3) is 0.559. The minimum Gasteiger partial charge on any atom is -0.478 e. The molecule has 1 aliphatic heterocycles. The van der Waals surface area contributed by atoms with Crippen LogP contribution in [0, 0.1) is 23.6 Å². The number of ether oxygens (including phenoxy) is 2. The molecule has 0 unspecified atom stereocenters. The van der Waals surface area contributed by atoms with Gasteiger partial charge in [-0.15, -0.1) is 0 Å². The largest absolute Gasteiger partial charge is 0.478 e. The van der Waals surface area contributed by atoms with Crippen LogP contribution >= 0.6 is 0 Å². The Bertz CT molecular complexity index is 1460. The predicted molar refractivity (Wildman–Crippen MR) is 161 cm³/mol. The number of carboxylic acid groups (broad SMARTS) is 1. The summed E-state index contributed by atoms with van der Waals surface area (Å²) < 4.78 is 57.0. The van der Waals surface area contributed by atoms with Crippen molar-refractivity contribution in [3.8, 4) is 17.0 Å². The maximum atomic E-state index is 14.6. The molecule has 1 N–H and O–H groups in total. The molecular weight excluding hydrogens is 587 g/mol. The van der Waals surface area contributed by atoms with Crippen molar-refractivity contribution in [2.24, 2.45) is 17.8 Å². The topological polar surface area (TPSA) is 97.9 Å². The average molecular weight is 628 g/mol. The van der Waals surface area contributed by atoms with E-state index in [9.17, 15) is 18.0 Å². The van der Waals surface area contributed by atoms with Gasteiger partial charge in [0.1, 0.15) is 17.2 Å². The molecule has 3 aromatic rings. The van der Waals surface area contributed by atoms with Crippen LogP contribution in [0.1, 0.15) is 91.8 Å². The Hall–Kier alpha value is -3.60. The van der Waals surface area contributed by atoms with E-state index in [1.165, 1.54) is 31.5 Å². The Kier molecular flexibility index (Phi) is 9.92. The molecule has 3 aliphatic rings. The second kappa shape index (κ2) is 14.2. The van der Waals surface area contributed by atoms with Gasteiger partial charge in [0.2, 0.25) is 0 Å². The van der Waals surface area contributed by atoms with E-state index in [1.807, 2.05) is 4.90 Å². The number of halogens is 3. The number of fused-ring (bicyclic) bond motifs is 1. The van der Waals surface area contributed by atoms with Crippen LogP contribution in [0.15, 0.2) is 41.1 Å². The highest BCUT2D eigenvalue weighted by molar-refractivity contribution is 5.87. The number of anilines is 1. The summed E-state index contributed by atoms with van der Waals surface area (Å²) in [5, 5.41) is 13.3. The highest BCUT2D eigenvalue weighted by atomic mass is 19.3. The van der Waals surface area contributed by atoms with Crippen molar-refractivity contribution in [2.45, 2.75) is 83.3 Å². The normalized spacial score (nSPS) is 21.3. The van der Waals surface area contributed by atoms with Crippen molar-refractivity contribution in [3.63, 3.8) is 0 Å². The van der Waals surface area contributed by atoms with E-state index < -0.39 is 18.4 Å². The Morgan fingerprint density at radius 2 is 1.87 bits per heavy atom. The lowest BCUT2D eigenvalue weighted by Gasteiger charge is -2.30. The van der Waals surface area contributed by atoms with E-state index in [0.29, 0.717) is 48.1 Å². The summed E-state index contributed by atoms with van der Waals surface area (Å²) in [4.78, 5) is 17.2. The summed E-state index contributed by atoms with van der Waals surface area (Å²) in [5.41, 5.74) is 1.67. The van der Waals surface area contributed by atoms with Gasteiger partial charge in [-0.2, -0.15) is 8.78 Å². The van der Waals surface area contributed by atoms with E-state index in [2.05, 4.69) is 10.1 Å². The van der Waals surface area contributed by atoms with E-state index >= 15 is 0 Å². The summed E-state index contributed by atoms with van der Waals surface area (Å²) >= 11 is 0. The zero-order chi connectivity index (χ0) is 31.3. The van der Waals surface area contributed by atoms with Crippen molar-refractivity contribution >= 4 is 11.8 Å². The molecule has 0 amide bonds. The maximum absolute atomic E-state index is 14.6. The van der Waals surface area contributed by atoms with E-state index in [1.54, 1.807) is 18.2 Å². The van der Waals surface area contributed by atoms with Crippen molar-refractivity contribution in [1.82, 2.24) is 10.1 Å².